The number of carbonyl (C=O) groups is 2. The quantitative estimate of drug-likeness (QED) is 0.770. The summed E-state index contributed by atoms with van der Waals surface area (Å²) in [6.07, 6.45) is -0.981. The molecule has 0 aromatic heterocycles. The number of aliphatic carboxylic acids is 1. The van der Waals surface area contributed by atoms with Crippen molar-refractivity contribution in [2.45, 2.75) is 17.0 Å². The molecule has 0 aliphatic heterocycles. The molecule has 0 heterocycles. The zero-order chi connectivity index (χ0) is 16.4. The number of benzene rings is 2. The van der Waals surface area contributed by atoms with E-state index in [4.69, 9.17) is 10.8 Å². The number of aldehydes is 1. The van der Waals surface area contributed by atoms with Gasteiger partial charge in [-0.25, -0.2) is 8.42 Å². The lowest BCUT2D eigenvalue weighted by Gasteiger charge is -2.21. The normalized spacial score (nSPS) is 14.4. The molecule has 0 saturated carbocycles. The van der Waals surface area contributed by atoms with Crippen molar-refractivity contribution in [1.82, 2.24) is 0 Å². The number of sulfone groups is 1. The summed E-state index contributed by atoms with van der Waals surface area (Å²) in [6.45, 7) is 0. The molecule has 0 fully saturated rings. The van der Waals surface area contributed by atoms with Gasteiger partial charge in [0.25, 0.3) is 0 Å². The van der Waals surface area contributed by atoms with Gasteiger partial charge in [-0.2, -0.15) is 0 Å². The van der Waals surface area contributed by atoms with Crippen LogP contribution >= 0.6 is 0 Å². The zero-order valence-corrected chi connectivity index (χ0v) is 12.4. The van der Waals surface area contributed by atoms with Crippen LogP contribution in [-0.4, -0.2) is 30.7 Å². The summed E-state index contributed by atoms with van der Waals surface area (Å²) in [5.74, 6) is -1.95. The molecule has 2 aromatic carbocycles. The van der Waals surface area contributed by atoms with E-state index < -0.39 is 32.9 Å². The molecular formula is C15H15NO5S. The molecule has 2 rings (SSSR count). The third-order valence-electron chi connectivity index (χ3n) is 3.43. The van der Waals surface area contributed by atoms with Crippen molar-refractivity contribution in [3.8, 4) is 0 Å². The maximum absolute atomic E-state index is 12.4. The molecule has 1 atom stereocenters. The Labute approximate surface area is 127 Å². The van der Waals surface area contributed by atoms with E-state index in [1.807, 2.05) is 18.2 Å². The lowest BCUT2D eigenvalue weighted by atomic mass is 10.1. The minimum Gasteiger partial charge on any atom is -0.481 e. The fraction of sp³-hybridized carbons (Fsp3) is 0.200. The topological polar surface area (TPSA) is 115 Å². The molecule has 0 bridgehead atoms. The number of carboxylic acids is 1. The van der Waals surface area contributed by atoms with Crippen molar-refractivity contribution in [3.05, 3.63) is 48.0 Å². The van der Waals surface area contributed by atoms with Gasteiger partial charge in [0, 0.05) is 0 Å². The summed E-state index contributed by atoms with van der Waals surface area (Å²) in [5, 5.41) is 10.3. The first kappa shape index (κ1) is 16.1. The molecule has 0 aliphatic carbocycles. The van der Waals surface area contributed by atoms with E-state index in [-0.39, 0.29) is 6.29 Å². The molecule has 7 heteroatoms. The second-order valence-corrected chi connectivity index (χ2v) is 7.32. The highest BCUT2D eigenvalue weighted by atomic mass is 32.2. The molecule has 6 nitrogen and oxygen atoms in total. The first-order valence-electron chi connectivity index (χ1n) is 6.45. The van der Waals surface area contributed by atoms with E-state index >= 15 is 0 Å². The molecule has 0 saturated heterocycles. The van der Waals surface area contributed by atoms with Crippen LogP contribution in [0.4, 0.5) is 0 Å². The smallest absolute Gasteiger partial charge is 0.306 e. The van der Waals surface area contributed by atoms with Crippen molar-refractivity contribution in [3.63, 3.8) is 0 Å². The van der Waals surface area contributed by atoms with Crippen molar-refractivity contribution >= 4 is 32.9 Å². The molecule has 2 aromatic rings. The van der Waals surface area contributed by atoms with Gasteiger partial charge in [-0.05, 0) is 16.3 Å². The molecule has 0 unspecified atom stereocenters. The standard InChI is InChI=1S/C15H15NO5S/c16-15(10-17,8-14(18)19)22(20,21)9-12-6-3-5-11-4-1-2-7-13(11)12/h1-7,10H,8-9,16H2,(H,18,19)/t15-/m1/s1. The van der Waals surface area contributed by atoms with Crippen molar-refractivity contribution in [2.75, 3.05) is 0 Å². The predicted octanol–water partition coefficient (Wildman–Crippen LogP) is 1.08. The number of rotatable bonds is 6. The molecule has 116 valence electrons. The Hall–Kier alpha value is -2.25. The van der Waals surface area contributed by atoms with E-state index in [1.165, 1.54) is 0 Å². The number of carbonyl (C=O) groups excluding carboxylic acids is 1. The van der Waals surface area contributed by atoms with Gasteiger partial charge in [0.1, 0.15) is 0 Å². The predicted molar refractivity (Wildman–Crippen MR) is 81.8 cm³/mol. The third kappa shape index (κ3) is 3.00. The van der Waals surface area contributed by atoms with Gasteiger partial charge in [0.15, 0.2) is 21.0 Å². The number of nitrogens with two attached hydrogens (primary N) is 1. The fourth-order valence-corrected chi connectivity index (χ4v) is 3.64. The summed E-state index contributed by atoms with van der Waals surface area (Å²) >= 11 is 0. The summed E-state index contributed by atoms with van der Waals surface area (Å²) in [7, 11) is -4.18. The Morgan fingerprint density at radius 3 is 2.45 bits per heavy atom. The van der Waals surface area contributed by atoms with Crippen molar-refractivity contribution in [2.24, 2.45) is 5.73 Å². The van der Waals surface area contributed by atoms with E-state index in [2.05, 4.69) is 0 Å². The highest BCUT2D eigenvalue weighted by Crippen LogP contribution is 2.24. The van der Waals surface area contributed by atoms with Crippen LogP contribution in [0.5, 0.6) is 0 Å². The van der Waals surface area contributed by atoms with Crippen molar-refractivity contribution in [1.29, 1.82) is 0 Å². The highest BCUT2D eigenvalue weighted by molar-refractivity contribution is 7.92. The van der Waals surface area contributed by atoms with Crippen LogP contribution in [0.25, 0.3) is 10.8 Å². The number of hydrogen-bond donors (Lipinski definition) is 2. The zero-order valence-electron chi connectivity index (χ0n) is 11.6. The average molecular weight is 321 g/mol. The van der Waals surface area contributed by atoms with Crippen LogP contribution < -0.4 is 5.73 Å². The molecule has 0 spiro atoms. The number of carboxylic acid groups (broad SMARTS) is 1. The molecular weight excluding hydrogens is 306 g/mol. The van der Waals surface area contributed by atoms with Crippen LogP contribution in [0.3, 0.4) is 0 Å². The van der Waals surface area contributed by atoms with Gasteiger partial charge in [0.05, 0.1) is 12.2 Å². The summed E-state index contributed by atoms with van der Waals surface area (Å²) in [6, 6.07) is 12.3. The van der Waals surface area contributed by atoms with Gasteiger partial charge in [-0.3, -0.25) is 4.79 Å². The van der Waals surface area contributed by atoms with Crippen LogP contribution in [0.2, 0.25) is 0 Å². The maximum Gasteiger partial charge on any atom is 0.306 e. The lowest BCUT2D eigenvalue weighted by Crippen LogP contribution is -2.51. The number of hydrogen-bond acceptors (Lipinski definition) is 5. The van der Waals surface area contributed by atoms with E-state index in [1.54, 1.807) is 24.3 Å². The van der Waals surface area contributed by atoms with Crippen molar-refractivity contribution < 1.29 is 23.1 Å². The monoisotopic (exact) mass is 321 g/mol. The van der Waals surface area contributed by atoms with Crippen LogP contribution in [0, 0.1) is 0 Å². The van der Waals surface area contributed by atoms with E-state index in [9.17, 15) is 18.0 Å². The largest absolute Gasteiger partial charge is 0.481 e. The molecule has 3 N–H and O–H groups in total. The fourth-order valence-electron chi connectivity index (χ4n) is 2.22. The summed E-state index contributed by atoms with van der Waals surface area (Å²) in [5.41, 5.74) is 6.00. The van der Waals surface area contributed by atoms with Crippen LogP contribution in [0.1, 0.15) is 12.0 Å². The van der Waals surface area contributed by atoms with Gasteiger partial charge in [-0.15, -0.1) is 0 Å². The molecule has 0 aliphatic rings. The second kappa shape index (κ2) is 5.86. The molecule has 22 heavy (non-hydrogen) atoms. The third-order valence-corrected chi connectivity index (χ3v) is 5.52. The summed E-state index contributed by atoms with van der Waals surface area (Å²) < 4.78 is 24.8. The van der Waals surface area contributed by atoms with Gasteiger partial charge >= 0.3 is 5.97 Å². The minimum absolute atomic E-state index is 0.0123. The Kier molecular flexibility index (Phi) is 4.30. The average Bonchev–Trinajstić information content (AvgIpc) is 2.46. The Morgan fingerprint density at radius 1 is 1.18 bits per heavy atom. The Balaban J connectivity index is 2.47. The van der Waals surface area contributed by atoms with Crippen LogP contribution in [0.15, 0.2) is 42.5 Å². The van der Waals surface area contributed by atoms with Gasteiger partial charge < -0.3 is 15.6 Å². The van der Waals surface area contributed by atoms with Gasteiger partial charge in [-0.1, -0.05) is 42.5 Å². The minimum atomic E-state index is -4.18. The molecule has 0 radical (unpaired) electrons. The molecule has 0 amide bonds. The first-order valence-corrected chi connectivity index (χ1v) is 8.10. The Morgan fingerprint density at radius 2 is 1.82 bits per heavy atom. The van der Waals surface area contributed by atoms with E-state index in [0.29, 0.717) is 5.56 Å². The SMILES string of the molecule is N[C@](C=O)(CC(=O)O)S(=O)(=O)Cc1cccc2ccccc12. The lowest BCUT2D eigenvalue weighted by molar-refractivity contribution is -0.138. The van der Waals surface area contributed by atoms with E-state index in [0.717, 1.165) is 10.8 Å². The highest BCUT2D eigenvalue weighted by Gasteiger charge is 2.42. The first-order chi connectivity index (χ1) is 10.3. The second-order valence-electron chi connectivity index (χ2n) is 5.04. The number of fused-ring (bicyclic) bond motifs is 1. The van der Waals surface area contributed by atoms with Crippen LogP contribution in [-0.2, 0) is 25.2 Å². The summed E-state index contributed by atoms with van der Waals surface area (Å²) in [4.78, 5) is 19.4. The van der Waals surface area contributed by atoms with Gasteiger partial charge in [0.2, 0.25) is 0 Å². The maximum atomic E-state index is 12.4. The Bertz CT molecular complexity index is 825.